The van der Waals surface area contributed by atoms with Crippen LogP contribution in [0.5, 0.6) is 0 Å². The zero-order chi connectivity index (χ0) is 20.4. The summed E-state index contributed by atoms with van der Waals surface area (Å²) in [5.41, 5.74) is 4.62. The Balaban J connectivity index is 1.78. The molecule has 5 nitrogen and oxygen atoms in total. The highest BCUT2D eigenvalue weighted by atomic mass is 32.1. The average molecular weight is 406 g/mol. The van der Waals surface area contributed by atoms with E-state index in [1.54, 1.807) is 0 Å². The molecule has 3 aromatic rings. The van der Waals surface area contributed by atoms with Crippen LogP contribution in [-0.2, 0) is 0 Å². The summed E-state index contributed by atoms with van der Waals surface area (Å²) in [7, 11) is 4.18. The Labute approximate surface area is 178 Å². The molecular weight excluding hydrogens is 378 g/mol. The standard InChI is InChI=1S/C23H27N5S/c1-17-8-6-9-18(16-17)27-13-7-11-20(27)22-21(19-10-4-5-12-24-19)25-23(29)28(22)15-14-26(2)3/h4-13,16,21-22H,14-15H2,1-3H3,(H,25,29)/t21-,22+/m1/s1. The summed E-state index contributed by atoms with van der Waals surface area (Å²) in [5.74, 6) is 0. The number of nitrogens with one attached hydrogen (secondary N) is 1. The van der Waals surface area contributed by atoms with Gasteiger partial charge < -0.3 is 19.7 Å². The fourth-order valence-electron chi connectivity index (χ4n) is 3.92. The number of aryl methyl sites for hydroxylation is 1. The van der Waals surface area contributed by atoms with Gasteiger partial charge in [-0.3, -0.25) is 4.98 Å². The lowest BCUT2D eigenvalue weighted by molar-refractivity contribution is 0.272. The molecule has 0 spiro atoms. The number of hydrogen-bond acceptors (Lipinski definition) is 3. The molecule has 29 heavy (non-hydrogen) atoms. The van der Waals surface area contributed by atoms with Gasteiger partial charge in [0.05, 0.1) is 17.8 Å². The van der Waals surface area contributed by atoms with Gasteiger partial charge in [-0.15, -0.1) is 0 Å². The van der Waals surface area contributed by atoms with E-state index < -0.39 is 0 Å². The predicted molar refractivity (Wildman–Crippen MR) is 121 cm³/mol. The molecule has 2 atom stereocenters. The van der Waals surface area contributed by atoms with Gasteiger partial charge in [0.15, 0.2) is 5.11 Å². The minimum atomic E-state index is 0.00400. The van der Waals surface area contributed by atoms with Crippen LogP contribution in [0.2, 0.25) is 0 Å². The number of nitrogens with zero attached hydrogens (tertiary/aromatic N) is 4. The van der Waals surface area contributed by atoms with Crippen molar-refractivity contribution in [3.8, 4) is 5.69 Å². The maximum absolute atomic E-state index is 5.76. The van der Waals surface area contributed by atoms with E-state index in [2.05, 4.69) is 94.3 Å². The Morgan fingerprint density at radius 3 is 2.69 bits per heavy atom. The summed E-state index contributed by atoms with van der Waals surface area (Å²) in [6.07, 6.45) is 3.98. The molecule has 1 saturated heterocycles. The smallest absolute Gasteiger partial charge is 0.170 e. The highest BCUT2D eigenvalue weighted by molar-refractivity contribution is 7.80. The Bertz CT molecular complexity index is 982. The lowest BCUT2D eigenvalue weighted by Crippen LogP contribution is -2.36. The van der Waals surface area contributed by atoms with Gasteiger partial charge in [0.2, 0.25) is 0 Å². The van der Waals surface area contributed by atoms with Crippen molar-refractivity contribution in [2.75, 3.05) is 27.2 Å². The Morgan fingerprint density at radius 2 is 1.97 bits per heavy atom. The topological polar surface area (TPSA) is 36.3 Å². The first-order chi connectivity index (χ1) is 14.0. The SMILES string of the molecule is Cc1cccc(-n2cccc2[C@H]2[C@@H](c3ccccn3)NC(=S)N2CCN(C)C)c1. The lowest BCUT2D eigenvalue weighted by Gasteiger charge is -2.29. The summed E-state index contributed by atoms with van der Waals surface area (Å²) in [6.45, 7) is 3.91. The van der Waals surface area contributed by atoms with Gasteiger partial charge in [0.25, 0.3) is 0 Å². The maximum atomic E-state index is 5.76. The van der Waals surface area contributed by atoms with Crippen LogP contribution in [0.3, 0.4) is 0 Å². The highest BCUT2D eigenvalue weighted by Gasteiger charge is 2.41. The molecule has 150 valence electrons. The fourth-order valence-corrected chi connectivity index (χ4v) is 4.26. The van der Waals surface area contributed by atoms with E-state index in [4.69, 9.17) is 12.2 Å². The minimum Gasteiger partial charge on any atom is -0.352 e. The molecule has 0 bridgehead atoms. The third kappa shape index (κ3) is 4.04. The fraction of sp³-hybridized carbons (Fsp3) is 0.304. The number of rotatable bonds is 6. The van der Waals surface area contributed by atoms with Crippen LogP contribution in [0.25, 0.3) is 5.69 Å². The molecule has 0 radical (unpaired) electrons. The van der Waals surface area contributed by atoms with Crippen LogP contribution in [0.1, 0.15) is 29.0 Å². The first kappa shape index (κ1) is 19.6. The molecule has 0 amide bonds. The van der Waals surface area contributed by atoms with Crippen LogP contribution in [-0.4, -0.2) is 51.6 Å². The Morgan fingerprint density at radius 1 is 1.10 bits per heavy atom. The summed E-state index contributed by atoms with van der Waals surface area (Å²) in [4.78, 5) is 9.12. The van der Waals surface area contributed by atoms with Gasteiger partial charge >= 0.3 is 0 Å². The molecule has 2 aromatic heterocycles. The largest absolute Gasteiger partial charge is 0.352 e. The van der Waals surface area contributed by atoms with E-state index in [0.29, 0.717) is 0 Å². The Hall–Kier alpha value is -2.70. The molecule has 1 aromatic carbocycles. The molecule has 1 aliphatic rings. The van der Waals surface area contributed by atoms with Gasteiger partial charge in [-0.1, -0.05) is 18.2 Å². The predicted octanol–water partition coefficient (Wildman–Crippen LogP) is 3.71. The van der Waals surface area contributed by atoms with Crippen molar-refractivity contribution < 1.29 is 0 Å². The van der Waals surface area contributed by atoms with Crippen molar-refractivity contribution in [1.29, 1.82) is 0 Å². The number of likely N-dealkylation sites (N-methyl/N-ethyl adjacent to an activating group) is 1. The third-order valence-electron chi connectivity index (χ3n) is 5.35. The highest BCUT2D eigenvalue weighted by Crippen LogP contribution is 2.39. The molecule has 6 heteroatoms. The van der Waals surface area contributed by atoms with Crippen molar-refractivity contribution in [2.45, 2.75) is 19.0 Å². The van der Waals surface area contributed by atoms with E-state index in [9.17, 15) is 0 Å². The van der Waals surface area contributed by atoms with Gasteiger partial charge in [0, 0.05) is 36.9 Å². The second-order valence-electron chi connectivity index (χ2n) is 7.77. The van der Waals surface area contributed by atoms with E-state index in [0.717, 1.165) is 29.6 Å². The average Bonchev–Trinajstić information content (AvgIpc) is 3.31. The number of aromatic nitrogens is 2. The quantitative estimate of drug-likeness (QED) is 0.633. The van der Waals surface area contributed by atoms with Crippen molar-refractivity contribution in [3.63, 3.8) is 0 Å². The monoisotopic (exact) mass is 405 g/mol. The molecule has 0 saturated carbocycles. The van der Waals surface area contributed by atoms with E-state index in [-0.39, 0.29) is 12.1 Å². The molecule has 1 N–H and O–H groups in total. The van der Waals surface area contributed by atoms with Crippen molar-refractivity contribution in [3.05, 3.63) is 83.9 Å². The van der Waals surface area contributed by atoms with Crippen molar-refractivity contribution >= 4 is 17.3 Å². The van der Waals surface area contributed by atoms with E-state index in [1.807, 2.05) is 18.3 Å². The Kier molecular flexibility index (Phi) is 5.65. The van der Waals surface area contributed by atoms with Gasteiger partial charge in [-0.25, -0.2) is 0 Å². The van der Waals surface area contributed by atoms with Gasteiger partial charge in [0.1, 0.15) is 0 Å². The van der Waals surface area contributed by atoms with Gasteiger partial charge in [-0.05, 0) is 75.2 Å². The second kappa shape index (κ2) is 8.35. The summed E-state index contributed by atoms with van der Waals surface area (Å²) in [6, 6.07) is 19.0. The second-order valence-corrected chi connectivity index (χ2v) is 8.15. The van der Waals surface area contributed by atoms with E-state index in [1.165, 1.54) is 11.3 Å². The lowest BCUT2D eigenvalue weighted by atomic mass is 10.0. The van der Waals surface area contributed by atoms with Crippen molar-refractivity contribution in [2.24, 2.45) is 0 Å². The minimum absolute atomic E-state index is 0.00400. The third-order valence-corrected chi connectivity index (χ3v) is 5.70. The number of benzene rings is 1. The van der Waals surface area contributed by atoms with Crippen LogP contribution < -0.4 is 5.32 Å². The molecule has 1 fully saturated rings. The molecule has 4 rings (SSSR count). The molecule has 0 unspecified atom stereocenters. The number of pyridine rings is 1. The number of thiocarbonyl (C=S) groups is 1. The molecule has 0 aliphatic carbocycles. The summed E-state index contributed by atoms with van der Waals surface area (Å²) < 4.78 is 2.27. The molecule has 1 aliphatic heterocycles. The first-order valence-corrected chi connectivity index (χ1v) is 10.3. The van der Waals surface area contributed by atoms with Crippen LogP contribution in [0.4, 0.5) is 0 Å². The van der Waals surface area contributed by atoms with E-state index >= 15 is 0 Å². The van der Waals surface area contributed by atoms with Crippen LogP contribution >= 0.6 is 12.2 Å². The number of hydrogen-bond donors (Lipinski definition) is 1. The zero-order valence-corrected chi connectivity index (χ0v) is 17.9. The normalized spacial score (nSPS) is 19.0. The van der Waals surface area contributed by atoms with Crippen LogP contribution in [0, 0.1) is 6.92 Å². The zero-order valence-electron chi connectivity index (χ0n) is 17.1. The van der Waals surface area contributed by atoms with Crippen molar-refractivity contribution in [1.82, 2.24) is 24.7 Å². The van der Waals surface area contributed by atoms with Crippen LogP contribution in [0.15, 0.2) is 67.0 Å². The maximum Gasteiger partial charge on any atom is 0.170 e. The summed E-state index contributed by atoms with van der Waals surface area (Å²) >= 11 is 5.76. The van der Waals surface area contributed by atoms with Gasteiger partial charge in [-0.2, -0.15) is 0 Å². The summed E-state index contributed by atoms with van der Waals surface area (Å²) in [5, 5.41) is 4.32. The molecule has 3 heterocycles. The first-order valence-electron chi connectivity index (χ1n) is 9.91. The molecular formula is C23H27N5S.